The number of amides is 2. The largest absolute Gasteiger partial charge is 0.618 e. The zero-order chi connectivity index (χ0) is 31.8. The predicted octanol–water partition coefficient (Wildman–Crippen LogP) is 6.31. The van der Waals surface area contributed by atoms with Gasteiger partial charge in [0.2, 0.25) is 17.5 Å². The van der Waals surface area contributed by atoms with Crippen molar-refractivity contribution in [1.82, 2.24) is 14.7 Å². The Morgan fingerprint density at radius 2 is 1.73 bits per heavy atom. The van der Waals surface area contributed by atoms with E-state index in [1.807, 2.05) is 4.90 Å². The van der Waals surface area contributed by atoms with Gasteiger partial charge in [0.05, 0.1) is 16.8 Å². The van der Waals surface area contributed by atoms with E-state index >= 15 is 0 Å². The number of nitrogens with zero attached hydrogens (tertiary/aromatic N) is 4. The Morgan fingerprint density at radius 3 is 2.40 bits per heavy atom. The van der Waals surface area contributed by atoms with Crippen LogP contribution in [0.2, 0.25) is 5.02 Å². The highest BCUT2D eigenvalue weighted by Gasteiger charge is 2.47. The lowest BCUT2D eigenvalue weighted by Gasteiger charge is -2.27. The van der Waals surface area contributed by atoms with E-state index < -0.39 is 35.3 Å². The number of aromatic nitrogens is 3. The summed E-state index contributed by atoms with van der Waals surface area (Å²) in [6, 6.07) is 11.1. The minimum atomic E-state index is -2.98. The van der Waals surface area contributed by atoms with Crippen molar-refractivity contribution in [3.63, 3.8) is 0 Å². The molecule has 0 radical (unpaired) electrons. The maximum absolute atomic E-state index is 15.0. The molecule has 2 aromatic heterocycles. The van der Waals surface area contributed by atoms with Crippen molar-refractivity contribution < 1.29 is 27.5 Å². The van der Waals surface area contributed by atoms with Crippen LogP contribution in [0.4, 0.5) is 13.2 Å². The van der Waals surface area contributed by atoms with Gasteiger partial charge in [-0.3, -0.25) is 14.3 Å². The number of primary amides is 1. The molecule has 3 heterocycles. The number of carbonyl (C=O) groups is 2. The average Bonchev–Trinajstić information content (AvgIpc) is 3.64. The second kappa shape index (κ2) is 12.5. The molecule has 12 heteroatoms. The standard InChI is InChI=1S/C33H31ClF3N5O3/c34-26-10-9-24(31(36)37)29(30(26)35)21-8-11-27(42(45)18-21)28(15-22-14-25(22)33(44)40-12-2-1-3-13-40)41-17-23(16-39-41)19-4-6-20(7-5-19)32(38)43/h4-11,16-18,22,25,28,31H,1-3,12-15H2,(H2,38,43)/t22?,25?,28-/m0/s1. The van der Waals surface area contributed by atoms with E-state index in [9.17, 15) is 28.0 Å². The Morgan fingerprint density at radius 1 is 1.02 bits per heavy atom. The molecule has 1 aliphatic heterocycles. The van der Waals surface area contributed by atoms with Gasteiger partial charge < -0.3 is 15.8 Å². The van der Waals surface area contributed by atoms with Crippen LogP contribution < -0.4 is 10.5 Å². The summed E-state index contributed by atoms with van der Waals surface area (Å²) < 4.78 is 44.8. The normalized spacial score (nSPS) is 18.6. The van der Waals surface area contributed by atoms with Crippen molar-refractivity contribution in [2.45, 2.75) is 44.6 Å². The highest BCUT2D eigenvalue weighted by Crippen LogP contribution is 2.47. The molecule has 0 spiro atoms. The van der Waals surface area contributed by atoms with Crippen LogP contribution in [0.3, 0.4) is 0 Å². The summed E-state index contributed by atoms with van der Waals surface area (Å²) in [6.45, 7) is 1.51. The number of pyridine rings is 1. The van der Waals surface area contributed by atoms with Crippen molar-refractivity contribution in [2.75, 3.05) is 13.1 Å². The fourth-order valence-corrected chi connectivity index (χ4v) is 6.39. The molecule has 2 aromatic carbocycles. The molecule has 234 valence electrons. The van der Waals surface area contributed by atoms with Crippen molar-refractivity contribution in [3.8, 4) is 22.3 Å². The summed E-state index contributed by atoms with van der Waals surface area (Å²) in [7, 11) is 0. The minimum Gasteiger partial charge on any atom is -0.618 e. The van der Waals surface area contributed by atoms with Gasteiger partial charge in [-0.25, -0.2) is 13.2 Å². The predicted molar refractivity (Wildman–Crippen MR) is 162 cm³/mol. The third-order valence-electron chi connectivity index (χ3n) is 8.79. The Labute approximate surface area is 262 Å². The van der Waals surface area contributed by atoms with Crippen LogP contribution in [-0.4, -0.2) is 39.6 Å². The van der Waals surface area contributed by atoms with Crippen LogP contribution in [0.25, 0.3) is 22.3 Å². The van der Waals surface area contributed by atoms with Crippen molar-refractivity contribution in [3.05, 3.63) is 100.0 Å². The Hall–Kier alpha value is -4.38. The summed E-state index contributed by atoms with van der Waals surface area (Å²) in [4.78, 5) is 26.6. The monoisotopic (exact) mass is 637 g/mol. The Balaban J connectivity index is 1.33. The third kappa shape index (κ3) is 6.26. The van der Waals surface area contributed by atoms with Crippen LogP contribution in [0.5, 0.6) is 0 Å². The van der Waals surface area contributed by atoms with Crippen LogP contribution >= 0.6 is 11.6 Å². The van der Waals surface area contributed by atoms with Crippen molar-refractivity contribution in [2.24, 2.45) is 17.6 Å². The highest BCUT2D eigenvalue weighted by atomic mass is 35.5. The highest BCUT2D eigenvalue weighted by molar-refractivity contribution is 6.31. The number of piperidine rings is 1. The first-order chi connectivity index (χ1) is 21.6. The summed E-state index contributed by atoms with van der Waals surface area (Å²) in [6.07, 6.45) is 5.71. The van der Waals surface area contributed by atoms with E-state index in [0.717, 1.165) is 61.8 Å². The lowest BCUT2D eigenvalue weighted by Crippen LogP contribution is -2.37. The quantitative estimate of drug-likeness (QED) is 0.171. The van der Waals surface area contributed by atoms with Gasteiger partial charge in [-0.15, -0.1) is 0 Å². The first-order valence-electron chi connectivity index (χ1n) is 14.8. The Bertz CT molecular complexity index is 1740. The number of carbonyl (C=O) groups excluding carboxylic acids is 2. The maximum atomic E-state index is 15.0. The average molecular weight is 638 g/mol. The van der Waals surface area contributed by atoms with Gasteiger partial charge in [0.25, 0.3) is 6.43 Å². The first kappa shape index (κ1) is 30.6. The number of hydrogen-bond acceptors (Lipinski definition) is 4. The number of rotatable bonds is 9. The molecule has 2 N–H and O–H groups in total. The molecule has 2 unspecified atom stereocenters. The summed E-state index contributed by atoms with van der Waals surface area (Å²) in [5.41, 5.74) is 6.44. The van der Waals surface area contributed by atoms with Crippen LogP contribution in [0.15, 0.2) is 67.1 Å². The van der Waals surface area contributed by atoms with E-state index in [1.54, 1.807) is 41.3 Å². The zero-order valence-electron chi connectivity index (χ0n) is 24.2. The van der Waals surface area contributed by atoms with Gasteiger partial charge in [-0.05, 0) is 67.9 Å². The van der Waals surface area contributed by atoms with Crippen molar-refractivity contribution in [1.29, 1.82) is 0 Å². The van der Waals surface area contributed by atoms with Gasteiger partial charge in [0.15, 0.2) is 6.20 Å². The van der Waals surface area contributed by atoms with Crippen LogP contribution in [0, 0.1) is 22.9 Å². The molecule has 2 amide bonds. The molecular weight excluding hydrogens is 607 g/mol. The van der Waals surface area contributed by atoms with Crippen LogP contribution in [0.1, 0.15) is 66.2 Å². The molecule has 4 aromatic rings. The molecule has 1 saturated carbocycles. The summed E-state index contributed by atoms with van der Waals surface area (Å²) >= 11 is 5.91. The van der Waals surface area contributed by atoms with E-state index in [-0.39, 0.29) is 34.0 Å². The van der Waals surface area contributed by atoms with Gasteiger partial charge in [-0.1, -0.05) is 29.8 Å². The molecule has 45 heavy (non-hydrogen) atoms. The van der Waals surface area contributed by atoms with Gasteiger partial charge in [-0.2, -0.15) is 9.83 Å². The van der Waals surface area contributed by atoms with Crippen LogP contribution in [-0.2, 0) is 4.79 Å². The van der Waals surface area contributed by atoms with Gasteiger partial charge >= 0.3 is 0 Å². The smallest absolute Gasteiger partial charge is 0.264 e. The fraction of sp³-hybridized carbons (Fsp3) is 0.333. The maximum Gasteiger partial charge on any atom is 0.264 e. The number of benzene rings is 2. The molecule has 1 saturated heterocycles. The number of nitrogens with two attached hydrogens (primary N) is 1. The number of halogens is 4. The molecule has 1 aliphatic carbocycles. The number of likely N-dealkylation sites (tertiary alicyclic amines) is 1. The fourth-order valence-electron chi connectivity index (χ4n) is 6.23. The second-order valence-corrected chi connectivity index (χ2v) is 12.1. The Kier molecular flexibility index (Phi) is 8.54. The molecular formula is C33H31ClF3N5O3. The number of hydrogen-bond donors (Lipinski definition) is 1. The van der Waals surface area contributed by atoms with E-state index in [0.29, 0.717) is 23.1 Å². The molecule has 8 nitrogen and oxygen atoms in total. The first-order valence-corrected chi connectivity index (χ1v) is 15.2. The second-order valence-electron chi connectivity index (χ2n) is 11.7. The van der Waals surface area contributed by atoms with E-state index in [1.165, 1.54) is 12.1 Å². The minimum absolute atomic E-state index is 0.0161. The van der Waals surface area contributed by atoms with Gasteiger partial charge in [0, 0.05) is 53.5 Å². The third-order valence-corrected chi connectivity index (χ3v) is 9.09. The zero-order valence-corrected chi connectivity index (χ0v) is 25.0. The van der Waals surface area contributed by atoms with E-state index in [4.69, 9.17) is 17.3 Å². The molecule has 2 fully saturated rings. The van der Waals surface area contributed by atoms with E-state index in [2.05, 4.69) is 5.10 Å². The molecule has 3 atom stereocenters. The molecule has 0 bridgehead atoms. The lowest BCUT2D eigenvalue weighted by molar-refractivity contribution is -0.615. The van der Waals surface area contributed by atoms with Crippen molar-refractivity contribution >= 4 is 23.4 Å². The number of alkyl halides is 2. The lowest BCUT2D eigenvalue weighted by atomic mass is 9.98. The topological polar surface area (TPSA) is 108 Å². The SMILES string of the molecule is NC(=O)c1ccc(-c2cnn([C@@H](CC3CC3C(=O)N3CCCCC3)c3ccc(-c4c(C(F)F)ccc(Cl)c4F)c[n+]3[O-])c2)cc1. The summed E-state index contributed by atoms with van der Waals surface area (Å²) in [5, 5.41) is 17.8. The van der Waals surface area contributed by atoms with Gasteiger partial charge in [0.1, 0.15) is 11.9 Å². The summed E-state index contributed by atoms with van der Waals surface area (Å²) in [5.74, 6) is -1.57. The molecule has 2 aliphatic rings. The molecule has 6 rings (SSSR count).